The molecule has 0 aliphatic carbocycles. The molecule has 1 aliphatic rings. The molecule has 1 N–H and O–H groups in total. The highest BCUT2D eigenvalue weighted by Gasteiger charge is 2.31. The lowest BCUT2D eigenvalue weighted by atomic mass is 10.2. The molecule has 0 radical (unpaired) electrons. The Bertz CT molecular complexity index is 1070. The zero-order chi connectivity index (χ0) is 25.6. The number of hydrogen-bond donors (Lipinski definition) is 1. The molecule has 12 heteroatoms. The third-order valence-electron chi connectivity index (χ3n) is 4.69. The Kier molecular flexibility index (Phi) is 8.68. The number of carbonyl (C=O) groups excluding carboxylic acids is 2. The Balaban J connectivity index is 1.43. The Morgan fingerprint density at radius 2 is 2.11 bits per heavy atom. The molecule has 10 nitrogen and oxygen atoms in total. The standard InChI is InChI=1S/C23H28ClFN4O6/c1-14(26-19(30)13-33-15-6-7-16(24)17(25)11-15)5-8-20-27-28-21(34-20)18-12-29(9-10-32-18)22(31)35-23(2,3)4/h6-7,11,18H,1,5,8-10,12-13H2,2-4H3,(H,26,30)/t18-/m1/s1. The van der Waals surface area contributed by atoms with E-state index in [9.17, 15) is 14.0 Å². The van der Waals surface area contributed by atoms with Crippen molar-refractivity contribution in [1.29, 1.82) is 0 Å². The minimum atomic E-state index is -0.635. The van der Waals surface area contributed by atoms with Crippen molar-refractivity contribution in [2.75, 3.05) is 26.3 Å². The summed E-state index contributed by atoms with van der Waals surface area (Å²) in [4.78, 5) is 25.9. The van der Waals surface area contributed by atoms with Gasteiger partial charge >= 0.3 is 6.09 Å². The van der Waals surface area contributed by atoms with E-state index in [4.69, 9.17) is 30.2 Å². The fourth-order valence-corrected chi connectivity index (χ4v) is 3.18. The molecule has 190 valence electrons. The van der Waals surface area contributed by atoms with Crippen molar-refractivity contribution in [2.24, 2.45) is 0 Å². The number of hydrogen-bond acceptors (Lipinski definition) is 8. The molecule has 0 saturated carbocycles. The quantitative estimate of drug-likeness (QED) is 0.570. The van der Waals surface area contributed by atoms with Crippen LogP contribution in [0.3, 0.4) is 0 Å². The number of carbonyl (C=O) groups is 2. The summed E-state index contributed by atoms with van der Waals surface area (Å²) in [6, 6.07) is 3.90. The molecule has 1 aliphatic heterocycles. The first kappa shape index (κ1) is 26.4. The van der Waals surface area contributed by atoms with Crippen LogP contribution >= 0.6 is 11.6 Å². The van der Waals surface area contributed by atoms with Crippen LogP contribution in [-0.4, -0.2) is 59.0 Å². The third-order valence-corrected chi connectivity index (χ3v) is 5.00. The second-order valence-corrected chi connectivity index (χ2v) is 9.24. The number of aromatic nitrogens is 2. The SMILES string of the molecule is C=C(CCc1nnc([C@H]2CN(C(=O)OC(C)(C)C)CCO2)o1)NC(=O)COc1ccc(Cl)c(F)c1. The van der Waals surface area contributed by atoms with Gasteiger partial charge in [-0.2, -0.15) is 0 Å². The first-order chi connectivity index (χ1) is 16.5. The van der Waals surface area contributed by atoms with Crippen molar-refractivity contribution in [2.45, 2.75) is 45.3 Å². The number of morpholine rings is 1. The molecule has 1 aromatic carbocycles. The molecule has 1 saturated heterocycles. The van der Waals surface area contributed by atoms with E-state index in [-0.39, 0.29) is 29.8 Å². The van der Waals surface area contributed by atoms with Crippen LogP contribution in [0.4, 0.5) is 9.18 Å². The predicted molar refractivity (Wildman–Crippen MR) is 123 cm³/mol. The number of rotatable bonds is 8. The summed E-state index contributed by atoms with van der Waals surface area (Å²) in [6.45, 7) is 9.85. The molecule has 1 atom stereocenters. The summed E-state index contributed by atoms with van der Waals surface area (Å²) in [6.07, 6.45) is -0.311. The lowest BCUT2D eigenvalue weighted by Crippen LogP contribution is -2.44. The van der Waals surface area contributed by atoms with E-state index < -0.39 is 29.5 Å². The van der Waals surface area contributed by atoms with Crippen LogP contribution in [0, 0.1) is 5.82 Å². The van der Waals surface area contributed by atoms with Crippen LogP contribution in [-0.2, 0) is 20.7 Å². The normalized spacial score (nSPS) is 16.0. The van der Waals surface area contributed by atoms with Crippen LogP contribution in [0.25, 0.3) is 0 Å². The van der Waals surface area contributed by atoms with E-state index in [1.54, 1.807) is 25.7 Å². The molecule has 2 aromatic rings. The molecule has 0 bridgehead atoms. The van der Waals surface area contributed by atoms with Crippen molar-refractivity contribution < 1.29 is 32.6 Å². The maximum atomic E-state index is 13.4. The van der Waals surface area contributed by atoms with E-state index in [0.29, 0.717) is 37.6 Å². The summed E-state index contributed by atoms with van der Waals surface area (Å²) >= 11 is 5.62. The van der Waals surface area contributed by atoms with Crippen LogP contribution in [0.2, 0.25) is 5.02 Å². The molecule has 0 spiro atoms. The summed E-state index contributed by atoms with van der Waals surface area (Å²) < 4.78 is 35.4. The average molecular weight is 511 g/mol. The molecule has 35 heavy (non-hydrogen) atoms. The number of benzene rings is 1. The van der Waals surface area contributed by atoms with Gasteiger partial charge in [0, 0.05) is 24.7 Å². The van der Waals surface area contributed by atoms with Gasteiger partial charge in [-0.3, -0.25) is 4.79 Å². The number of ether oxygens (including phenoxy) is 3. The van der Waals surface area contributed by atoms with Crippen molar-refractivity contribution >= 4 is 23.6 Å². The van der Waals surface area contributed by atoms with Gasteiger partial charge in [0.1, 0.15) is 17.2 Å². The molecule has 1 fully saturated rings. The smallest absolute Gasteiger partial charge is 0.410 e. The van der Waals surface area contributed by atoms with Crippen LogP contribution in [0.5, 0.6) is 5.75 Å². The number of amides is 2. The first-order valence-corrected chi connectivity index (χ1v) is 11.4. The molecular weight excluding hydrogens is 483 g/mol. The molecule has 3 rings (SSSR count). The Hall–Kier alpha value is -3.18. The van der Waals surface area contributed by atoms with Crippen LogP contribution < -0.4 is 10.1 Å². The molecule has 1 aromatic heterocycles. The Labute approximate surface area is 207 Å². The number of halogens is 2. The minimum absolute atomic E-state index is 0.0326. The first-order valence-electron chi connectivity index (χ1n) is 11.0. The fraction of sp³-hybridized carbons (Fsp3) is 0.478. The summed E-state index contributed by atoms with van der Waals surface area (Å²) in [5.41, 5.74) is -0.175. The van der Waals surface area contributed by atoms with Gasteiger partial charge in [0.15, 0.2) is 12.7 Å². The highest BCUT2D eigenvalue weighted by atomic mass is 35.5. The van der Waals surface area contributed by atoms with Gasteiger partial charge in [0.2, 0.25) is 11.8 Å². The fourth-order valence-electron chi connectivity index (χ4n) is 3.06. The number of aryl methyl sites for hydroxylation is 1. The second-order valence-electron chi connectivity index (χ2n) is 8.84. The Morgan fingerprint density at radius 3 is 2.83 bits per heavy atom. The van der Waals surface area contributed by atoms with Gasteiger partial charge in [-0.1, -0.05) is 18.2 Å². The Morgan fingerprint density at radius 1 is 1.34 bits per heavy atom. The van der Waals surface area contributed by atoms with E-state index in [1.807, 2.05) is 0 Å². The van der Waals surface area contributed by atoms with Gasteiger partial charge < -0.3 is 28.8 Å². The zero-order valence-corrected chi connectivity index (χ0v) is 20.6. The average Bonchev–Trinajstić information content (AvgIpc) is 3.27. The minimum Gasteiger partial charge on any atom is -0.484 e. The lowest BCUT2D eigenvalue weighted by Gasteiger charge is -2.32. The summed E-state index contributed by atoms with van der Waals surface area (Å²) in [5, 5.41) is 10.6. The third kappa shape index (κ3) is 8.22. The monoisotopic (exact) mass is 510 g/mol. The topological polar surface area (TPSA) is 116 Å². The largest absolute Gasteiger partial charge is 0.484 e. The van der Waals surface area contributed by atoms with E-state index in [0.717, 1.165) is 6.07 Å². The van der Waals surface area contributed by atoms with E-state index in [1.165, 1.54) is 12.1 Å². The van der Waals surface area contributed by atoms with Gasteiger partial charge in [0.25, 0.3) is 5.91 Å². The maximum Gasteiger partial charge on any atom is 0.410 e. The maximum absolute atomic E-state index is 13.4. The van der Waals surface area contributed by atoms with Crippen molar-refractivity contribution in [3.63, 3.8) is 0 Å². The molecule has 2 amide bonds. The highest BCUT2D eigenvalue weighted by molar-refractivity contribution is 6.30. The van der Waals surface area contributed by atoms with E-state index in [2.05, 4.69) is 22.1 Å². The van der Waals surface area contributed by atoms with Gasteiger partial charge in [-0.05, 0) is 39.3 Å². The molecule has 2 heterocycles. The zero-order valence-electron chi connectivity index (χ0n) is 19.8. The van der Waals surface area contributed by atoms with Crippen molar-refractivity contribution in [1.82, 2.24) is 20.4 Å². The van der Waals surface area contributed by atoms with Crippen molar-refractivity contribution in [3.05, 3.63) is 53.1 Å². The number of nitrogens with one attached hydrogen (secondary N) is 1. The number of nitrogens with zero attached hydrogens (tertiary/aromatic N) is 3. The van der Waals surface area contributed by atoms with Crippen LogP contribution in [0.1, 0.15) is 45.1 Å². The van der Waals surface area contributed by atoms with E-state index >= 15 is 0 Å². The summed E-state index contributed by atoms with van der Waals surface area (Å²) in [7, 11) is 0. The number of allylic oxidation sites excluding steroid dienone is 1. The van der Waals surface area contributed by atoms with Crippen LogP contribution in [0.15, 0.2) is 34.9 Å². The summed E-state index contributed by atoms with van der Waals surface area (Å²) in [5.74, 6) is -0.312. The van der Waals surface area contributed by atoms with Gasteiger partial charge in [0.05, 0.1) is 18.2 Å². The predicted octanol–water partition coefficient (Wildman–Crippen LogP) is 3.81. The van der Waals surface area contributed by atoms with Crippen molar-refractivity contribution in [3.8, 4) is 5.75 Å². The highest BCUT2D eigenvalue weighted by Crippen LogP contribution is 2.23. The lowest BCUT2D eigenvalue weighted by molar-refractivity contribution is -0.122. The van der Waals surface area contributed by atoms with Gasteiger partial charge in [-0.15, -0.1) is 10.2 Å². The molecule has 0 unspecified atom stereocenters. The second kappa shape index (κ2) is 11.5. The van der Waals surface area contributed by atoms with Gasteiger partial charge in [-0.25, -0.2) is 9.18 Å². The molecular formula is C23H28ClFN4O6.